The van der Waals surface area contributed by atoms with Gasteiger partial charge in [-0.3, -0.25) is 0 Å². The molecular weight excluding hydrogens is 270 g/mol. The zero-order valence-electron chi connectivity index (χ0n) is 15.0. The van der Waals surface area contributed by atoms with Crippen molar-refractivity contribution in [2.24, 2.45) is 0 Å². The quantitative estimate of drug-likeness (QED) is 0.454. The van der Waals surface area contributed by atoms with Gasteiger partial charge in [0.05, 0.1) is 0 Å². The van der Waals surface area contributed by atoms with Crippen LogP contribution in [-0.2, 0) is 19.3 Å². The molecule has 0 radical (unpaired) electrons. The van der Waals surface area contributed by atoms with Crippen LogP contribution in [0.2, 0.25) is 0 Å². The van der Waals surface area contributed by atoms with E-state index in [4.69, 9.17) is 15.0 Å². The van der Waals surface area contributed by atoms with Gasteiger partial charge in [-0.1, -0.05) is 65.7 Å². The van der Waals surface area contributed by atoms with E-state index in [0.717, 1.165) is 36.7 Å². The minimum atomic E-state index is 1.00. The van der Waals surface area contributed by atoms with Gasteiger partial charge in [-0.05, 0) is 19.3 Å². The second-order valence-electron chi connectivity index (χ2n) is 6.31. The molecule has 0 aliphatic carbocycles. The molecule has 0 aliphatic rings. The Kier molecular flexibility index (Phi) is 10.9. The molecule has 0 saturated heterocycles. The molecule has 22 heavy (non-hydrogen) atoms. The molecule has 0 spiro atoms. The van der Waals surface area contributed by atoms with Crippen molar-refractivity contribution < 1.29 is 0 Å². The van der Waals surface area contributed by atoms with Crippen molar-refractivity contribution in [3.63, 3.8) is 0 Å². The van der Waals surface area contributed by atoms with Gasteiger partial charge in [-0.25, -0.2) is 15.0 Å². The summed E-state index contributed by atoms with van der Waals surface area (Å²) in [6, 6.07) is 0. The van der Waals surface area contributed by atoms with Crippen molar-refractivity contribution in [3.05, 3.63) is 17.5 Å². The lowest BCUT2D eigenvalue weighted by molar-refractivity contribution is 0.616. The number of unbranched alkanes of at least 4 members (excludes halogenated alkanes) is 7. The Morgan fingerprint density at radius 2 is 0.818 bits per heavy atom. The largest absolute Gasteiger partial charge is 0.218 e. The maximum atomic E-state index is 4.71. The first kappa shape index (κ1) is 19.1. The summed E-state index contributed by atoms with van der Waals surface area (Å²) in [5.74, 6) is 3.08. The fourth-order valence-corrected chi connectivity index (χ4v) is 2.61. The molecule has 0 amide bonds. The van der Waals surface area contributed by atoms with Gasteiger partial charge in [-0.2, -0.15) is 0 Å². The molecule has 0 N–H and O–H groups in total. The Bertz CT molecular complexity index is 360. The molecular formula is C19H35N3. The highest BCUT2D eigenvalue weighted by Crippen LogP contribution is 2.09. The predicted octanol–water partition coefficient (Wildman–Crippen LogP) is 5.46. The number of hydrogen-bond donors (Lipinski definition) is 0. The van der Waals surface area contributed by atoms with Crippen LogP contribution in [0.15, 0.2) is 0 Å². The van der Waals surface area contributed by atoms with Crippen LogP contribution in [0.3, 0.4) is 0 Å². The summed E-state index contributed by atoms with van der Waals surface area (Å²) in [6.07, 6.45) is 15.6. The number of rotatable bonds is 13. The molecule has 0 fully saturated rings. The van der Waals surface area contributed by atoms with E-state index >= 15 is 0 Å². The summed E-state index contributed by atoms with van der Waals surface area (Å²) in [4.78, 5) is 14.1. The van der Waals surface area contributed by atoms with Gasteiger partial charge in [0.25, 0.3) is 0 Å². The van der Waals surface area contributed by atoms with Crippen molar-refractivity contribution in [1.82, 2.24) is 15.0 Å². The van der Waals surface area contributed by atoms with Gasteiger partial charge in [0.15, 0.2) is 0 Å². The normalized spacial score (nSPS) is 11.0. The minimum absolute atomic E-state index is 1.00. The average molecular weight is 306 g/mol. The molecule has 0 saturated carbocycles. The van der Waals surface area contributed by atoms with Crippen molar-refractivity contribution >= 4 is 0 Å². The average Bonchev–Trinajstić information content (AvgIpc) is 2.54. The van der Waals surface area contributed by atoms with Crippen molar-refractivity contribution in [2.75, 3.05) is 0 Å². The molecule has 126 valence electrons. The van der Waals surface area contributed by atoms with Gasteiger partial charge < -0.3 is 0 Å². The number of aryl methyl sites for hydroxylation is 3. The maximum absolute atomic E-state index is 4.71. The van der Waals surface area contributed by atoms with Crippen molar-refractivity contribution in [2.45, 2.75) is 104 Å². The minimum Gasteiger partial charge on any atom is -0.218 e. The Hall–Kier alpha value is -0.990. The Morgan fingerprint density at radius 1 is 0.455 bits per heavy atom. The van der Waals surface area contributed by atoms with Crippen LogP contribution < -0.4 is 0 Å². The Morgan fingerprint density at radius 3 is 1.18 bits per heavy atom. The predicted molar refractivity (Wildman–Crippen MR) is 94.1 cm³/mol. The third-order valence-corrected chi connectivity index (χ3v) is 4.04. The summed E-state index contributed by atoms with van der Waals surface area (Å²) >= 11 is 0. The third kappa shape index (κ3) is 8.45. The standard InChI is InChI=1S/C19H35N3/c1-4-7-10-12-15-18-20-17(14-9-6-3)21-19(22-18)16-13-11-8-5-2/h4-16H2,1-3H3. The zero-order chi connectivity index (χ0) is 16.0. The number of aromatic nitrogens is 3. The topological polar surface area (TPSA) is 38.7 Å². The highest BCUT2D eigenvalue weighted by atomic mass is 15.0. The smallest absolute Gasteiger partial charge is 0.132 e. The van der Waals surface area contributed by atoms with Crippen molar-refractivity contribution in [3.8, 4) is 0 Å². The lowest BCUT2D eigenvalue weighted by atomic mass is 10.1. The fourth-order valence-electron chi connectivity index (χ4n) is 2.61. The molecule has 3 nitrogen and oxygen atoms in total. The fraction of sp³-hybridized carbons (Fsp3) is 0.842. The zero-order valence-corrected chi connectivity index (χ0v) is 15.0. The molecule has 0 bridgehead atoms. The molecule has 1 rings (SSSR count). The van der Waals surface area contributed by atoms with E-state index < -0.39 is 0 Å². The van der Waals surface area contributed by atoms with Crippen LogP contribution in [0.25, 0.3) is 0 Å². The summed E-state index contributed by atoms with van der Waals surface area (Å²) < 4.78 is 0. The molecule has 1 heterocycles. The van der Waals surface area contributed by atoms with Crippen LogP contribution in [0.1, 0.15) is 102 Å². The van der Waals surface area contributed by atoms with E-state index in [1.54, 1.807) is 0 Å². The molecule has 1 aromatic heterocycles. The van der Waals surface area contributed by atoms with Crippen LogP contribution >= 0.6 is 0 Å². The van der Waals surface area contributed by atoms with Crippen LogP contribution in [0.5, 0.6) is 0 Å². The molecule has 3 heteroatoms. The van der Waals surface area contributed by atoms with E-state index in [2.05, 4.69) is 20.8 Å². The van der Waals surface area contributed by atoms with E-state index in [1.165, 1.54) is 64.2 Å². The summed E-state index contributed by atoms with van der Waals surface area (Å²) in [7, 11) is 0. The van der Waals surface area contributed by atoms with E-state index in [-0.39, 0.29) is 0 Å². The highest BCUT2D eigenvalue weighted by Gasteiger charge is 2.06. The van der Waals surface area contributed by atoms with E-state index in [9.17, 15) is 0 Å². The first-order valence-corrected chi connectivity index (χ1v) is 9.52. The monoisotopic (exact) mass is 305 g/mol. The summed E-state index contributed by atoms with van der Waals surface area (Å²) in [5.41, 5.74) is 0. The van der Waals surface area contributed by atoms with E-state index in [1.807, 2.05) is 0 Å². The lowest BCUT2D eigenvalue weighted by Gasteiger charge is -2.07. The second kappa shape index (κ2) is 12.5. The third-order valence-electron chi connectivity index (χ3n) is 4.04. The Balaban J connectivity index is 2.59. The van der Waals surface area contributed by atoms with Gasteiger partial charge >= 0.3 is 0 Å². The lowest BCUT2D eigenvalue weighted by Crippen LogP contribution is -2.08. The molecule has 0 unspecified atom stereocenters. The van der Waals surface area contributed by atoms with Gasteiger partial charge in [-0.15, -0.1) is 0 Å². The first-order chi connectivity index (χ1) is 10.8. The molecule has 0 aromatic carbocycles. The SMILES string of the molecule is CCCCCCc1nc(CCCC)nc(CCCCCC)n1. The highest BCUT2D eigenvalue weighted by molar-refractivity contribution is 4.98. The van der Waals surface area contributed by atoms with Gasteiger partial charge in [0.1, 0.15) is 17.5 Å². The molecule has 1 aromatic rings. The summed E-state index contributed by atoms with van der Waals surface area (Å²) in [6.45, 7) is 6.72. The number of nitrogens with zero attached hydrogens (tertiary/aromatic N) is 3. The molecule has 0 aliphatic heterocycles. The van der Waals surface area contributed by atoms with Crippen LogP contribution in [-0.4, -0.2) is 15.0 Å². The second-order valence-corrected chi connectivity index (χ2v) is 6.31. The van der Waals surface area contributed by atoms with Crippen LogP contribution in [0, 0.1) is 0 Å². The Labute approximate surface area is 137 Å². The summed E-state index contributed by atoms with van der Waals surface area (Å²) in [5, 5.41) is 0. The first-order valence-electron chi connectivity index (χ1n) is 9.52. The number of hydrogen-bond acceptors (Lipinski definition) is 3. The van der Waals surface area contributed by atoms with Gasteiger partial charge in [0, 0.05) is 19.3 Å². The van der Waals surface area contributed by atoms with Crippen molar-refractivity contribution in [1.29, 1.82) is 0 Å². The van der Waals surface area contributed by atoms with Crippen LogP contribution in [0.4, 0.5) is 0 Å². The molecule has 0 atom stereocenters. The van der Waals surface area contributed by atoms with Gasteiger partial charge in [0.2, 0.25) is 0 Å². The maximum Gasteiger partial charge on any atom is 0.132 e. The van der Waals surface area contributed by atoms with E-state index in [0.29, 0.717) is 0 Å².